The number of para-hydroxylation sites is 1. The lowest BCUT2D eigenvalue weighted by Crippen LogP contribution is -2.44. The number of carbonyl (C=O) groups is 2. The maximum atomic E-state index is 13.6. The molecule has 1 N–H and O–H groups in total. The zero-order valence-electron chi connectivity index (χ0n) is 17.8. The van der Waals surface area contributed by atoms with Gasteiger partial charge in [-0.3, -0.25) is 14.6 Å². The van der Waals surface area contributed by atoms with E-state index >= 15 is 0 Å². The van der Waals surface area contributed by atoms with Crippen molar-refractivity contribution in [3.05, 3.63) is 107 Å². The van der Waals surface area contributed by atoms with Crippen molar-refractivity contribution in [3.8, 4) is 0 Å². The van der Waals surface area contributed by atoms with Gasteiger partial charge in [-0.1, -0.05) is 78.4 Å². The highest BCUT2D eigenvalue weighted by molar-refractivity contribution is 6.05. The van der Waals surface area contributed by atoms with Gasteiger partial charge in [0.2, 0.25) is 0 Å². The van der Waals surface area contributed by atoms with Gasteiger partial charge in [0, 0.05) is 23.0 Å². The summed E-state index contributed by atoms with van der Waals surface area (Å²) < 4.78 is 0. The summed E-state index contributed by atoms with van der Waals surface area (Å²) in [6.45, 7) is 2.34. The van der Waals surface area contributed by atoms with Crippen LogP contribution in [0.3, 0.4) is 0 Å². The molecule has 5 nitrogen and oxygen atoms in total. The van der Waals surface area contributed by atoms with Gasteiger partial charge in [0.15, 0.2) is 0 Å². The van der Waals surface area contributed by atoms with E-state index in [-0.39, 0.29) is 18.0 Å². The van der Waals surface area contributed by atoms with Crippen molar-refractivity contribution >= 4 is 22.8 Å². The van der Waals surface area contributed by atoms with E-state index in [9.17, 15) is 9.59 Å². The molecule has 2 aliphatic rings. The molecule has 0 unspecified atom stereocenters. The van der Waals surface area contributed by atoms with Crippen LogP contribution in [-0.2, 0) is 17.8 Å². The number of aromatic amines is 1. The molecule has 3 aromatic carbocycles. The third-order valence-corrected chi connectivity index (χ3v) is 6.71. The molecule has 1 fully saturated rings. The molecule has 0 saturated carbocycles. The lowest BCUT2D eigenvalue weighted by Gasteiger charge is -2.36. The fourth-order valence-electron chi connectivity index (χ4n) is 5.14. The second-order valence-corrected chi connectivity index (χ2v) is 8.70. The lowest BCUT2D eigenvalue weighted by molar-refractivity contribution is -0.129. The fourth-order valence-corrected chi connectivity index (χ4v) is 5.14. The van der Waals surface area contributed by atoms with Gasteiger partial charge in [-0.25, -0.2) is 4.79 Å². The number of hydrogen-bond acceptors (Lipinski definition) is 2. The molecule has 3 heterocycles. The number of imide groups is 1. The van der Waals surface area contributed by atoms with E-state index in [4.69, 9.17) is 0 Å². The van der Waals surface area contributed by atoms with Gasteiger partial charge in [-0.15, -0.1) is 0 Å². The molecule has 5 heteroatoms. The van der Waals surface area contributed by atoms with Gasteiger partial charge < -0.3 is 4.98 Å². The number of aryl methyl sites for hydroxylation is 1. The number of H-pyrrole nitrogens is 1. The Morgan fingerprint density at radius 2 is 1.62 bits per heavy atom. The molecule has 32 heavy (non-hydrogen) atoms. The molecule has 0 radical (unpaired) electrons. The Labute approximate surface area is 186 Å². The number of fused-ring (bicyclic) bond motifs is 4. The van der Waals surface area contributed by atoms with E-state index in [0.29, 0.717) is 13.0 Å². The van der Waals surface area contributed by atoms with Gasteiger partial charge in [0.1, 0.15) is 12.1 Å². The van der Waals surface area contributed by atoms with Gasteiger partial charge >= 0.3 is 6.03 Å². The lowest BCUT2D eigenvalue weighted by atomic mass is 9.88. The highest BCUT2D eigenvalue weighted by atomic mass is 16.2. The minimum absolute atomic E-state index is 0.119. The second-order valence-electron chi connectivity index (χ2n) is 8.70. The van der Waals surface area contributed by atoms with Crippen LogP contribution in [-0.4, -0.2) is 32.8 Å². The van der Waals surface area contributed by atoms with Crippen molar-refractivity contribution in [2.75, 3.05) is 0 Å². The molecule has 4 aromatic rings. The highest BCUT2D eigenvalue weighted by Gasteiger charge is 2.52. The largest absolute Gasteiger partial charge is 0.356 e. The molecule has 2 atom stereocenters. The van der Waals surface area contributed by atoms with Crippen molar-refractivity contribution in [2.24, 2.45) is 0 Å². The third kappa shape index (κ3) is 2.78. The van der Waals surface area contributed by atoms with Crippen molar-refractivity contribution in [1.29, 1.82) is 0 Å². The van der Waals surface area contributed by atoms with Gasteiger partial charge in [0.25, 0.3) is 5.91 Å². The fraction of sp³-hybridized carbons (Fsp3) is 0.185. The zero-order chi connectivity index (χ0) is 21.8. The minimum atomic E-state index is -0.496. The Bertz CT molecular complexity index is 1340. The summed E-state index contributed by atoms with van der Waals surface area (Å²) in [4.78, 5) is 33.9. The summed E-state index contributed by atoms with van der Waals surface area (Å²) >= 11 is 0. The van der Waals surface area contributed by atoms with E-state index in [1.54, 1.807) is 4.90 Å². The first-order valence-electron chi connectivity index (χ1n) is 11.0. The summed E-state index contributed by atoms with van der Waals surface area (Å²) in [5.41, 5.74) is 6.30. The van der Waals surface area contributed by atoms with Crippen LogP contribution < -0.4 is 0 Å². The van der Waals surface area contributed by atoms with Gasteiger partial charge in [0.05, 0.1) is 6.54 Å². The monoisotopic (exact) mass is 421 g/mol. The molecule has 2 aliphatic heterocycles. The molecule has 3 amide bonds. The van der Waals surface area contributed by atoms with Crippen LogP contribution in [0.4, 0.5) is 4.79 Å². The second kappa shape index (κ2) is 7.09. The van der Waals surface area contributed by atoms with Crippen LogP contribution in [0.2, 0.25) is 0 Å². The predicted molar refractivity (Wildman–Crippen MR) is 123 cm³/mol. The van der Waals surface area contributed by atoms with Crippen molar-refractivity contribution in [2.45, 2.75) is 32.0 Å². The average Bonchev–Trinajstić information content (AvgIpc) is 3.30. The van der Waals surface area contributed by atoms with Crippen LogP contribution in [0.15, 0.2) is 78.9 Å². The van der Waals surface area contributed by atoms with Crippen molar-refractivity contribution in [3.63, 3.8) is 0 Å². The SMILES string of the molecule is Cc1ccc([C@H]2c3[nH]c4ccccc4c3C[C@H]3C(=O)N(Cc4ccccc4)C(=O)N23)cc1. The number of aromatic nitrogens is 1. The van der Waals surface area contributed by atoms with E-state index in [2.05, 4.69) is 41.4 Å². The Balaban J connectivity index is 1.49. The van der Waals surface area contributed by atoms with Crippen LogP contribution in [0, 0.1) is 6.92 Å². The maximum absolute atomic E-state index is 13.6. The van der Waals surface area contributed by atoms with Crippen LogP contribution >= 0.6 is 0 Å². The standard InChI is InChI=1S/C27H23N3O2/c1-17-11-13-19(14-12-17)25-24-21(20-9-5-6-10-22(20)28-24)15-23-26(31)29(27(32)30(23)25)16-18-7-3-2-4-8-18/h2-14,23,25,28H,15-16H2,1H3/t23-,25-/m0/s1. The van der Waals surface area contributed by atoms with Crippen LogP contribution in [0.5, 0.6) is 0 Å². The summed E-state index contributed by atoms with van der Waals surface area (Å²) in [5.74, 6) is -0.119. The summed E-state index contributed by atoms with van der Waals surface area (Å²) in [6, 6.07) is 25.1. The van der Waals surface area contributed by atoms with E-state index in [1.807, 2.05) is 49.4 Å². The average molecular weight is 422 g/mol. The molecular formula is C27H23N3O2. The van der Waals surface area contributed by atoms with Crippen molar-refractivity contribution < 1.29 is 9.59 Å². The molecule has 1 saturated heterocycles. The molecule has 1 aromatic heterocycles. The Morgan fingerprint density at radius 1 is 0.906 bits per heavy atom. The van der Waals surface area contributed by atoms with Crippen molar-refractivity contribution in [1.82, 2.24) is 14.8 Å². The van der Waals surface area contributed by atoms with E-state index < -0.39 is 6.04 Å². The highest BCUT2D eigenvalue weighted by Crippen LogP contribution is 2.44. The molecule has 158 valence electrons. The first-order valence-corrected chi connectivity index (χ1v) is 11.0. The maximum Gasteiger partial charge on any atom is 0.328 e. The topological polar surface area (TPSA) is 56.4 Å². The number of rotatable bonds is 3. The number of urea groups is 1. The first kappa shape index (κ1) is 18.9. The zero-order valence-corrected chi connectivity index (χ0v) is 17.8. The number of nitrogens with one attached hydrogen (secondary N) is 1. The third-order valence-electron chi connectivity index (χ3n) is 6.71. The Hall–Kier alpha value is -3.86. The predicted octanol–water partition coefficient (Wildman–Crippen LogP) is 4.95. The Morgan fingerprint density at radius 3 is 2.41 bits per heavy atom. The summed E-state index contributed by atoms with van der Waals surface area (Å²) in [7, 11) is 0. The van der Waals surface area contributed by atoms with E-state index in [0.717, 1.165) is 38.9 Å². The normalized spacial score (nSPS) is 20.0. The minimum Gasteiger partial charge on any atom is -0.356 e. The molecule has 6 rings (SSSR count). The number of benzene rings is 3. The molecular weight excluding hydrogens is 398 g/mol. The summed E-state index contributed by atoms with van der Waals surface area (Å²) in [6.07, 6.45) is 0.525. The number of nitrogens with zero attached hydrogens (tertiary/aromatic N) is 2. The first-order chi connectivity index (χ1) is 15.6. The quantitative estimate of drug-likeness (QED) is 0.476. The summed E-state index contributed by atoms with van der Waals surface area (Å²) in [5, 5.41) is 1.13. The molecule has 0 spiro atoms. The number of amides is 3. The van der Waals surface area contributed by atoms with Crippen LogP contribution in [0.1, 0.15) is 34.0 Å². The number of hydrogen-bond donors (Lipinski definition) is 1. The van der Waals surface area contributed by atoms with Gasteiger partial charge in [-0.05, 0) is 29.7 Å². The van der Waals surface area contributed by atoms with Gasteiger partial charge in [-0.2, -0.15) is 0 Å². The van der Waals surface area contributed by atoms with E-state index in [1.165, 1.54) is 4.90 Å². The molecule has 0 bridgehead atoms. The number of carbonyl (C=O) groups excluding carboxylic acids is 2. The Kier molecular flexibility index (Phi) is 4.18. The molecule has 0 aliphatic carbocycles. The smallest absolute Gasteiger partial charge is 0.328 e. The van der Waals surface area contributed by atoms with Crippen LogP contribution in [0.25, 0.3) is 10.9 Å².